The van der Waals surface area contributed by atoms with Crippen LogP contribution in [0.5, 0.6) is 5.75 Å². The van der Waals surface area contributed by atoms with Crippen molar-refractivity contribution in [2.24, 2.45) is 0 Å². The average molecular weight is 615 g/mol. The standard InChI is InChI=1S/C34H38N4O5S/c1-34(2)30(32(41)36-26-16-18-43-28-14-7-6-11-24(26)28)38(20-44-34)33(42)29(39)27(19-21-9-4-3-5-10-21)37-31(40)23-12-8-13-25-22(23)15-17-35-25/h3-14,26-27,29-30,35,39H,15-20H2,1-2H3,(H,36,41)(H,37,40)/t26-,27-,29-,30+/m0/s1. The summed E-state index contributed by atoms with van der Waals surface area (Å²) < 4.78 is 5.17. The Labute approximate surface area is 261 Å². The van der Waals surface area contributed by atoms with E-state index >= 15 is 0 Å². The number of aliphatic hydroxyl groups excluding tert-OH is 1. The van der Waals surface area contributed by atoms with E-state index in [1.165, 1.54) is 16.7 Å². The number of carbonyl (C=O) groups is 3. The molecule has 1 fully saturated rings. The van der Waals surface area contributed by atoms with Crippen molar-refractivity contribution in [1.82, 2.24) is 15.5 Å². The van der Waals surface area contributed by atoms with Crippen LogP contribution in [0.4, 0.5) is 5.69 Å². The third-order valence-corrected chi connectivity index (χ3v) is 10.1. The van der Waals surface area contributed by atoms with Gasteiger partial charge in [0.05, 0.1) is 24.6 Å². The first kappa shape index (κ1) is 30.0. The maximum Gasteiger partial charge on any atom is 0.254 e. The van der Waals surface area contributed by atoms with E-state index in [1.807, 2.05) is 80.6 Å². The molecule has 44 heavy (non-hydrogen) atoms. The summed E-state index contributed by atoms with van der Waals surface area (Å²) in [4.78, 5) is 43.0. The summed E-state index contributed by atoms with van der Waals surface area (Å²) in [7, 11) is 0. The lowest BCUT2D eigenvalue weighted by molar-refractivity contribution is -0.147. The summed E-state index contributed by atoms with van der Waals surface area (Å²) in [6, 6.07) is 20.6. The zero-order valence-corrected chi connectivity index (χ0v) is 25.7. The largest absolute Gasteiger partial charge is 0.493 e. The van der Waals surface area contributed by atoms with Crippen LogP contribution in [-0.2, 0) is 22.4 Å². The first-order valence-electron chi connectivity index (χ1n) is 15.1. The third kappa shape index (κ3) is 6.01. The van der Waals surface area contributed by atoms with Crippen LogP contribution in [0.1, 0.15) is 53.4 Å². The van der Waals surface area contributed by atoms with Gasteiger partial charge in [0.25, 0.3) is 11.8 Å². The monoisotopic (exact) mass is 614 g/mol. The van der Waals surface area contributed by atoms with Crippen molar-refractivity contribution in [3.05, 3.63) is 95.1 Å². The van der Waals surface area contributed by atoms with Gasteiger partial charge in [-0.1, -0.05) is 54.6 Å². The Bertz CT molecular complexity index is 1550. The lowest BCUT2D eigenvalue weighted by Gasteiger charge is -2.35. The molecule has 230 valence electrons. The fraction of sp³-hybridized carbons (Fsp3) is 0.382. The van der Waals surface area contributed by atoms with Crippen LogP contribution in [0, 0.1) is 0 Å². The van der Waals surface area contributed by atoms with Crippen LogP contribution in [0.2, 0.25) is 0 Å². The Morgan fingerprint density at radius 3 is 2.66 bits per heavy atom. The molecule has 0 radical (unpaired) electrons. The quantitative estimate of drug-likeness (QED) is 0.306. The molecule has 4 atom stereocenters. The van der Waals surface area contributed by atoms with E-state index in [1.54, 1.807) is 6.07 Å². The number of thioether (sulfide) groups is 1. The van der Waals surface area contributed by atoms with E-state index in [4.69, 9.17) is 4.74 Å². The van der Waals surface area contributed by atoms with Gasteiger partial charge >= 0.3 is 0 Å². The number of fused-ring (bicyclic) bond motifs is 2. The number of carbonyl (C=O) groups excluding carboxylic acids is 3. The lowest BCUT2D eigenvalue weighted by Crippen LogP contribution is -2.59. The van der Waals surface area contributed by atoms with Gasteiger partial charge in [0.15, 0.2) is 6.10 Å². The second-order valence-corrected chi connectivity index (χ2v) is 13.6. The minimum absolute atomic E-state index is 0.243. The molecule has 4 N–H and O–H groups in total. The maximum atomic E-state index is 14.1. The zero-order valence-electron chi connectivity index (χ0n) is 24.9. The average Bonchev–Trinajstić information content (AvgIpc) is 3.64. The number of nitrogens with zero attached hydrogens (tertiary/aromatic N) is 1. The molecule has 3 aliphatic rings. The third-order valence-electron chi connectivity index (χ3n) is 8.71. The fourth-order valence-electron chi connectivity index (χ4n) is 6.41. The zero-order chi connectivity index (χ0) is 30.8. The molecule has 0 saturated carbocycles. The van der Waals surface area contributed by atoms with Crippen LogP contribution < -0.4 is 20.7 Å². The van der Waals surface area contributed by atoms with Crippen molar-refractivity contribution >= 4 is 35.2 Å². The van der Waals surface area contributed by atoms with E-state index in [2.05, 4.69) is 16.0 Å². The van der Waals surface area contributed by atoms with Crippen molar-refractivity contribution in [3.8, 4) is 5.75 Å². The molecule has 0 aliphatic carbocycles. The molecule has 0 aromatic heterocycles. The van der Waals surface area contributed by atoms with Crippen LogP contribution >= 0.6 is 11.8 Å². The Morgan fingerprint density at radius 2 is 1.84 bits per heavy atom. The molecule has 3 aliphatic heterocycles. The molecule has 3 amide bonds. The second-order valence-electron chi connectivity index (χ2n) is 12.0. The number of rotatable bonds is 8. The Hall–Kier alpha value is -4.02. The van der Waals surface area contributed by atoms with Gasteiger partial charge in [0.1, 0.15) is 11.8 Å². The van der Waals surface area contributed by atoms with Gasteiger partial charge in [-0.2, -0.15) is 0 Å². The fourth-order valence-corrected chi connectivity index (χ4v) is 7.55. The molecule has 0 unspecified atom stereocenters. The number of benzene rings is 3. The predicted molar refractivity (Wildman–Crippen MR) is 171 cm³/mol. The smallest absolute Gasteiger partial charge is 0.254 e. The van der Waals surface area contributed by atoms with Crippen molar-refractivity contribution in [2.45, 2.75) is 62.1 Å². The first-order valence-corrected chi connectivity index (χ1v) is 16.1. The van der Waals surface area contributed by atoms with Crippen molar-refractivity contribution in [1.29, 1.82) is 0 Å². The van der Waals surface area contributed by atoms with Gasteiger partial charge in [0, 0.05) is 34.5 Å². The Kier molecular flexibility index (Phi) is 8.55. The van der Waals surface area contributed by atoms with Crippen molar-refractivity contribution < 1.29 is 24.2 Å². The molecule has 0 bridgehead atoms. The van der Waals surface area contributed by atoms with E-state index < -0.39 is 28.8 Å². The molecule has 10 heteroatoms. The summed E-state index contributed by atoms with van der Waals surface area (Å²) in [5, 5.41) is 21.1. The van der Waals surface area contributed by atoms with E-state index in [0.717, 1.165) is 41.1 Å². The number of anilines is 1. The normalized spacial score (nSPS) is 21.2. The Morgan fingerprint density at radius 1 is 1.07 bits per heavy atom. The minimum atomic E-state index is -1.57. The van der Waals surface area contributed by atoms with Crippen LogP contribution in [0.15, 0.2) is 72.8 Å². The van der Waals surface area contributed by atoms with Crippen molar-refractivity contribution in [3.63, 3.8) is 0 Å². The highest BCUT2D eigenvalue weighted by atomic mass is 32.2. The van der Waals surface area contributed by atoms with E-state index in [-0.39, 0.29) is 30.2 Å². The van der Waals surface area contributed by atoms with Crippen LogP contribution in [0.3, 0.4) is 0 Å². The molecule has 1 saturated heterocycles. The summed E-state index contributed by atoms with van der Waals surface area (Å²) in [5.41, 5.74) is 4.14. The van der Waals surface area contributed by atoms with Gasteiger partial charge < -0.3 is 30.7 Å². The molecular formula is C34H38N4O5S. The van der Waals surface area contributed by atoms with Gasteiger partial charge in [-0.25, -0.2) is 0 Å². The summed E-state index contributed by atoms with van der Waals surface area (Å²) in [6.07, 6.45) is 0.0110. The molecule has 6 rings (SSSR count). The molecular weight excluding hydrogens is 576 g/mol. The number of amides is 3. The molecule has 0 spiro atoms. The SMILES string of the molecule is CC1(C)SCN(C(=O)[C@@H](O)[C@H](Cc2ccccc2)NC(=O)c2cccc3c2CCN3)[C@@H]1C(=O)N[C@H]1CCOc2ccccc21. The molecule has 3 aromatic rings. The van der Waals surface area contributed by atoms with Gasteiger partial charge in [0.2, 0.25) is 5.91 Å². The predicted octanol–water partition coefficient (Wildman–Crippen LogP) is 3.68. The highest BCUT2D eigenvalue weighted by Gasteiger charge is 2.50. The maximum absolute atomic E-state index is 14.1. The first-order chi connectivity index (χ1) is 21.2. The van der Waals surface area contributed by atoms with Crippen molar-refractivity contribution in [2.75, 3.05) is 24.3 Å². The highest BCUT2D eigenvalue weighted by Crippen LogP contribution is 2.41. The van der Waals surface area contributed by atoms with Gasteiger partial charge in [-0.05, 0) is 56.0 Å². The van der Waals surface area contributed by atoms with Crippen LogP contribution in [0.25, 0.3) is 0 Å². The molecule has 3 heterocycles. The number of aliphatic hydroxyl groups is 1. The summed E-state index contributed by atoms with van der Waals surface area (Å²) in [6.45, 7) is 5.10. The lowest BCUT2D eigenvalue weighted by atomic mass is 9.95. The number of hydrogen-bond donors (Lipinski definition) is 4. The Balaban J connectivity index is 1.23. The number of hydrogen-bond acceptors (Lipinski definition) is 7. The number of nitrogens with one attached hydrogen (secondary N) is 3. The number of ether oxygens (including phenoxy) is 1. The molecule has 9 nitrogen and oxygen atoms in total. The number of para-hydroxylation sites is 1. The highest BCUT2D eigenvalue weighted by molar-refractivity contribution is 8.00. The minimum Gasteiger partial charge on any atom is -0.493 e. The summed E-state index contributed by atoms with van der Waals surface area (Å²) >= 11 is 1.49. The second kappa shape index (κ2) is 12.5. The van der Waals surface area contributed by atoms with Gasteiger partial charge in [-0.3, -0.25) is 14.4 Å². The van der Waals surface area contributed by atoms with E-state index in [9.17, 15) is 19.5 Å². The summed E-state index contributed by atoms with van der Waals surface area (Å²) in [5.74, 6) is -0.223. The van der Waals surface area contributed by atoms with E-state index in [0.29, 0.717) is 18.6 Å². The van der Waals surface area contributed by atoms with Crippen LogP contribution in [-0.4, -0.2) is 69.7 Å². The molecule has 3 aromatic carbocycles. The topological polar surface area (TPSA) is 120 Å². The van der Waals surface area contributed by atoms with Gasteiger partial charge in [-0.15, -0.1) is 11.8 Å².